The first kappa shape index (κ1) is 37.1. The van der Waals surface area contributed by atoms with E-state index in [1.165, 1.54) is 0 Å². The van der Waals surface area contributed by atoms with E-state index in [0.717, 1.165) is 0 Å². The van der Waals surface area contributed by atoms with Gasteiger partial charge in [-0.05, 0) is 11.0 Å². The maximum absolute atomic E-state index is 0. The molecule has 34 valence electrons. The summed E-state index contributed by atoms with van der Waals surface area (Å²) in [6.45, 7) is 0. The predicted molar refractivity (Wildman–Crippen MR) is 19.3 cm³/mol. The van der Waals surface area contributed by atoms with E-state index in [1.54, 1.807) is 0 Å². The zero-order valence-corrected chi connectivity index (χ0v) is 4.61. The van der Waals surface area contributed by atoms with Crippen molar-refractivity contribution in [3.63, 3.8) is 0 Å². The van der Waals surface area contributed by atoms with Crippen molar-refractivity contribution in [1.82, 2.24) is 0 Å². The van der Waals surface area contributed by atoms with E-state index in [1.807, 2.05) is 0 Å². The molecule has 0 atom stereocenters. The van der Waals surface area contributed by atoms with Crippen molar-refractivity contribution in [3.05, 3.63) is 0 Å². The Hall–Kier alpha value is 2.02. The molecule has 0 nitrogen and oxygen atoms in total. The Morgan fingerprint density at radius 3 is 1.00 bits per heavy atom. The molecule has 0 heterocycles. The van der Waals surface area contributed by atoms with Crippen LogP contribution < -0.4 is 0 Å². The minimum absolute atomic E-state index is 0. The Bertz CT molecular complexity index is 11.5. The molecular weight excluding hydrogens is 179 g/mol. The fourth-order valence-electron chi connectivity index (χ4n) is 0. The van der Waals surface area contributed by atoms with Crippen LogP contribution in [0.15, 0.2) is 0 Å². The fourth-order valence-corrected chi connectivity index (χ4v) is 0. The SMILES string of the molecule is [Cu].[Cu].[H-].[H-].[Mg+2].[SiH4]. The van der Waals surface area contributed by atoms with Gasteiger partial charge < -0.3 is 2.85 Å². The smallest absolute Gasteiger partial charge is 1.00 e. The molecule has 0 unspecified atom stereocenters. The molecule has 2 radical (unpaired) electrons. The van der Waals surface area contributed by atoms with Gasteiger partial charge in [-0.15, -0.1) is 0 Å². The molecule has 0 aromatic carbocycles. The van der Waals surface area contributed by atoms with Crippen molar-refractivity contribution in [1.29, 1.82) is 0 Å². The average Bonchev–Trinajstić information content (AvgIpc) is 0. The van der Waals surface area contributed by atoms with Crippen molar-refractivity contribution >= 4 is 34.0 Å². The van der Waals surface area contributed by atoms with E-state index in [-0.39, 0.29) is 71.0 Å². The molecule has 0 bridgehead atoms. The molecule has 0 fully saturated rings. The van der Waals surface area contributed by atoms with Crippen LogP contribution in [0.25, 0.3) is 0 Å². The molecule has 0 aliphatic heterocycles. The summed E-state index contributed by atoms with van der Waals surface area (Å²) in [6.07, 6.45) is 0. The monoisotopic (exact) mass is 184 g/mol. The predicted octanol–water partition coefficient (Wildman–Crippen LogP) is -1.61. The third-order valence-electron chi connectivity index (χ3n) is 0. The van der Waals surface area contributed by atoms with E-state index in [2.05, 4.69) is 0 Å². The normalized spacial score (nSPS) is 0. The van der Waals surface area contributed by atoms with Crippen molar-refractivity contribution in [2.75, 3.05) is 0 Å². The van der Waals surface area contributed by atoms with E-state index < -0.39 is 0 Å². The Kier molecular flexibility index (Phi) is 185. The van der Waals surface area contributed by atoms with Gasteiger partial charge >= 0.3 is 23.1 Å². The zero-order chi connectivity index (χ0) is 0. The number of hydrogen-bond donors (Lipinski definition) is 0. The zero-order valence-electron chi connectivity index (χ0n) is 3.31. The summed E-state index contributed by atoms with van der Waals surface area (Å²) in [6, 6.07) is 0. The van der Waals surface area contributed by atoms with Gasteiger partial charge in [0.25, 0.3) is 0 Å². The largest absolute Gasteiger partial charge is 2.00 e. The summed E-state index contributed by atoms with van der Waals surface area (Å²) in [5, 5.41) is 0. The van der Waals surface area contributed by atoms with Crippen LogP contribution in [0.3, 0.4) is 0 Å². The molecule has 0 amide bonds. The van der Waals surface area contributed by atoms with E-state index in [4.69, 9.17) is 0 Å². The minimum Gasteiger partial charge on any atom is -1.00 e. The molecule has 0 aromatic heterocycles. The van der Waals surface area contributed by atoms with E-state index in [0.29, 0.717) is 0 Å². The van der Waals surface area contributed by atoms with Gasteiger partial charge in [0.1, 0.15) is 0 Å². The second-order valence-electron chi connectivity index (χ2n) is 0. The van der Waals surface area contributed by atoms with Crippen LogP contribution in [0.1, 0.15) is 2.85 Å². The minimum atomic E-state index is 0. The Labute approximate surface area is 70.6 Å². The van der Waals surface area contributed by atoms with Crippen molar-refractivity contribution in [3.8, 4) is 0 Å². The Morgan fingerprint density at radius 2 is 1.00 bits per heavy atom. The van der Waals surface area contributed by atoms with Crippen LogP contribution in [0, 0.1) is 0 Å². The second-order valence-corrected chi connectivity index (χ2v) is 0. The van der Waals surface area contributed by atoms with Gasteiger partial charge in [0.05, 0.1) is 0 Å². The third kappa shape index (κ3) is 8.98. The molecule has 4 heteroatoms. The number of hydrogen-bond acceptors (Lipinski definition) is 0. The quantitative estimate of drug-likeness (QED) is 0.399. The van der Waals surface area contributed by atoms with Gasteiger partial charge in [-0.2, -0.15) is 0 Å². The Morgan fingerprint density at radius 1 is 1.00 bits per heavy atom. The van der Waals surface area contributed by atoms with Crippen LogP contribution in [-0.4, -0.2) is 34.0 Å². The fraction of sp³-hybridized carbons (Fsp3) is 0. The summed E-state index contributed by atoms with van der Waals surface area (Å²) in [5.74, 6) is 0. The summed E-state index contributed by atoms with van der Waals surface area (Å²) in [5.41, 5.74) is 0. The second kappa shape index (κ2) is 19.9. The summed E-state index contributed by atoms with van der Waals surface area (Å²) >= 11 is 0. The van der Waals surface area contributed by atoms with Crippen LogP contribution in [0.5, 0.6) is 0 Å². The average molecular weight is 186 g/mol. The van der Waals surface area contributed by atoms with E-state index in [9.17, 15) is 0 Å². The van der Waals surface area contributed by atoms with Gasteiger partial charge in [0, 0.05) is 34.1 Å². The molecule has 0 aliphatic carbocycles. The van der Waals surface area contributed by atoms with Crippen molar-refractivity contribution in [2.45, 2.75) is 0 Å². The van der Waals surface area contributed by atoms with Gasteiger partial charge in [-0.3, -0.25) is 0 Å². The molecule has 0 spiro atoms. The summed E-state index contributed by atoms with van der Waals surface area (Å²) < 4.78 is 0. The molecule has 0 N–H and O–H groups in total. The van der Waals surface area contributed by atoms with Gasteiger partial charge in [-0.1, -0.05) is 0 Å². The maximum Gasteiger partial charge on any atom is 2.00 e. The van der Waals surface area contributed by atoms with Crippen molar-refractivity contribution in [2.24, 2.45) is 0 Å². The first-order valence-electron chi connectivity index (χ1n) is 0. The molecule has 0 rings (SSSR count). The molecule has 0 saturated carbocycles. The molecule has 0 aliphatic rings. The van der Waals surface area contributed by atoms with E-state index >= 15 is 0 Å². The molecule has 4 heavy (non-hydrogen) atoms. The third-order valence-corrected chi connectivity index (χ3v) is 0. The molecule has 0 aromatic rings. The summed E-state index contributed by atoms with van der Waals surface area (Å²) in [7, 11) is 0. The van der Waals surface area contributed by atoms with Crippen LogP contribution in [-0.2, 0) is 34.1 Å². The number of rotatable bonds is 0. The van der Waals surface area contributed by atoms with Crippen LogP contribution >= 0.6 is 0 Å². The van der Waals surface area contributed by atoms with Crippen LogP contribution in [0.4, 0.5) is 0 Å². The van der Waals surface area contributed by atoms with Gasteiger partial charge in [-0.25, -0.2) is 0 Å². The molecular formula is H6Cu2MgSi. The molecule has 0 saturated heterocycles. The van der Waals surface area contributed by atoms with Gasteiger partial charge in [0.2, 0.25) is 0 Å². The standard InChI is InChI=1S/2Cu.Mg.H4Si.2H/h;;;1H4;;/q;;+2;;2*-1. The van der Waals surface area contributed by atoms with Crippen molar-refractivity contribution < 1.29 is 37.0 Å². The maximum atomic E-state index is 0. The Balaban J connectivity index is 0. The topological polar surface area (TPSA) is 0 Å². The van der Waals surface area contributed by atoms with Crippen LogP contribution in [0.2, 0.25) is 0 Å². The summed E-state index contributed by atoms with van der Waals surface area (Å²) in [4.78, 5) is 0. The first-order chi connectivity index (χ1) is 0. The first-order valence-corrected chi connectivity index (χ1v) is 0. The van der Waals surface area contributed by atoms with Gasteiger partial charge in [0.15, 0.2) is 0 Å².